The number of hydrogen-bond acceptors (Lipinski definition) is 12. The van der Waals surface area contributed by atoms with Crippen molar-refractivity contribution < 1.29 is 42.3 Å². The monoisotopic (exact) mass is 591 g/mol. The lowest BCUT2D eigenvalue weighted by atomic mass is 10.0. The Kier molecular flexibility index (Phi) is 14.0. The highest BCUT2D eigenvalue weighted by atomic mass is 31.2. The number of ketones is 1. The summed E-state index contributed by atoms with van der Waals surface area (Å²) in [6.07, 6.45) is -3.93. The van der Waals surface area contributed by atoms with Crippen LogP contribution < -0.4 is 11.2 Å². The second-order valence-corrected chi connectivity index (χ2v) is 11.0. The lowest BCUT2D eigenvalue weighted by Crippen LogP contribution is -2.44. The summed E-state index contributed by atoms with van der Waals surface area (Å²) in [5.41, 5.74) is -1.07. The van der Waals surface area contributed by atoms with Crippen LogP contribution in [0.3, 0.4) is 0 Å². The van der Waals surface area contributed by atoms with Crippen LogP contribution in [0, 0.1) is 6.92 Å². The van der Waals surface area contributed by atoms with Gasteiger partial charge in [-0.05, 0) is 41.5 Å². The summed E-state index contributed by atoms with van der Waals surface area (Å²) in [7, 11) is 1.13. The largest absolute Gasteiger partial charge is 0.466 e. The van der Waals surface area contributed by atoms with Gasteiger partial charge >= 0.3 is 11.7 Å². The Balaban J connectivity index is 2.61. The van der Waals surface area contributed by atoms with Crippen molar-refractivity contribution in [2.75, 3.05) is 40.8 Å². The zero-order valence-electron chi connectivity index (χ0n) is 24.4. The Morgan fingerprint density at radius 1 is 1.10 bits per heavy atom. The Bertz CT molecular complexity index is 1070. The molecule has 1 saturated heterocycles. The molecule has 3 unspecified atom stereocenters. The average Bonchev–Trinajstić information content (AvgIpc) is 3.22. The van der Waals surface area contributed by atoms with E-state index < -0.39 is 62.5 Å². The minimum absolute atomic E-state index is 0.0212. The molecule has 1 aliphatic rings. The maximum atomic E-state index is 13.4. The minimum atomic E-state index is -1.85. The van der Waals surface area contributed by atoms with Crippen molar-refractivity contribution in [1.29, 1.82) is 0 Å². The van der Waals surface area contributed by atoms with Crippen LogP contribution in [0.5, 0.6) is 0 Å². The van der Waals surface area contributed by atoms with Crippen LogP contribution in [0.1, 0.15) is 52.8 Å². The molecule has 0 saturated carbocycles. The molecular formula is C25H42N3O11P. The number of ether oxygens (including phenoxy) is 5. The molecule has 1 aromatic heterocycles. The molecule has 0 aromatic carbocycles. The van der Waals surface area contributed by atoms with Gasteiger partial charge in [-0.1, -0.05) is 0 Å². The normalized spacial score (nSPS) is 21.9. The predicted octanol–water partition coefficient (Wildman–Crippen LogP) is 1.65. The molecule has 1 fully saturated rings. The van der Waals surface area contributed by atoms with Gasteiger partial charge in [0.1, 0.15) is 24.7 Å². The van der Waals surface area contributed by atoms with Gasteiger partial charge in [-0.25, -0.2) is 9.46 Å². The lowest BCUT2D eigenvalue weighted by Gasteiger charge is -2.38. The first kappa shape index (κ1) is 34.2. The molecule has 1 N–H and O–H groups in total. The van der Waals surface area contributed by atoms with Gasteiger partial charge in [0, 0.05) is 38.1 Å². The van der Waals surface area contributed by atoms with Gasteiger partial charge in [-0.3, -0.25) is 28.5 Å². The van der Waals surface area contributed by atoms with Crippen molar-refractivity contribution in [2.24, 2.45) is 0 Å². The number of H-pyrrole nitrogens is 1. The molecule has 2 heterocycles. The molecule has 0 radical (unpaired) electrons. The van der Waals surface area contributed by atoms with Crippen molar-refractivity contribution in [3.8, 4) is 0 Å². The van der Waals surface area contributed by atoms with Crippen molar-refractivity contribution in [3.05, 3.63) is 32.6 Å². The number of aryl methyl sites for hydroxylation is 1. The summed E-state index contributed by atoms with van der Waals surface area (Å²) in [5.74, 6) is -1.35. The fourth-order valence-corrected chi connectivity index (χ4v) is 5.93. The molecule has 228 valence electrons. The minimum Gasteiger partial charge on any atom is -0.466 e. The highest BCUT2D eigenvalue weighted by Gasteiger charge is 2.53. The quantitative estimate of drug-likeness (QED) is 0.0920. The van der Waals surface area contributed by atoms with Crippen LogP contribution in [-0.4, -0.2) is 97.2 Å². The van der Waals surface area contributed by atoms with Gasteiger partial charge in [0.15, 0.2) is 18.8 Å². The fraction of sp³-hybridized carbons (Fsp3) is 0.760. The molecule has 40 heavy (non-hydrogen) atoms. The third-order valence-electron chi connectivity index (χ3n) is 5.89. The summed E-state index contributed by atoms with van der Waals surface area (Å²) in [4.78, 5) is 52.8. The summed E-state index contributed by atoms with van der Waals surface area (Å²) in [5, 5.41) is 0. The van der Waals surface area contributed by atoms with E-state index in [-0.39, 0.29) is 44.3 Å². The number of nitrogens with zero attached hydrogens (tertiary/aromatic N) is 2. The van der Waals surface area contributed by atoms with E-state index in [1.54, 1.807) is 6.92 Å². The first-order chi connectivity index (χ1) is 19.0. The van der Waals surface area contributed by atoms with Crippen LogP contribution in [0.15, 0.2) is 15.8 Å². The summed E-state index contributed by atoms with van der Waals surface area (Å²) in [6, 6.07) is -0.0424. The molecule has 5 atom stereocenters. The molecule has 0 bridgehead atoms. The molecule has 1 aromatic rings. The average molecular weight is 592 g/mol. The molecular weight excluding hydrogens is 549 g/mol. The maximum absolute atomic E-state index is 13.4. The van der Waals surface area contributed by atoms with Crippen LogP contribution in [-0.2, 0) is 42.3 Å². The second-order valence-electron chi connectivity index (χ2n) is 9.61. The van der Waals surface area contributed by atoms with E-state index in [4.69, 9.17) is 32.7 Å². The standard InChI is InChI=1S/C25H42N3O11P/c1-9-35-19(30)12-18(29)20-21(39-40(37-14-34-8)28(15(2)3)16(4)5)22(36-11-10-33-7)24(38-20)27-13-17(6)23(31)26-25(27)32/h13,15-16,20-22,24H,9-12,14H2,1-8H3,(H,26,31,32)/t20-,21?,22?,24-,40?/m1/s1. The van der Waals surface area contributed by atoms with Gasteiger partial charge in [-0.15, -0.1) is 0 Å². The SMILES string of the molecule is CCOC(=O)CC(=O)[C@H]1O[C@@H](n2cc(C)c(=O)[nH]c2=O)C(OCCOC)C1OP(OCOC)N(C(C)C)C(C)C. The third kappa shape index (κ3) is 8.98. The fourth-order valence-electron chi connectivity index (χ4n) is 4.24. The lowest BCUT2D eigenvalue weighted by molar-refractivity contribution is -0.149. The number of carbonyl (C=O) groups is 2. The Morgan fingerprint density at radius 3 is 2.35 bits per heavy atom. The van der Waals surface area contributed by atoms with Crippen molar-refractivity contribution in [1.82, 2.24) is 14.2 Å². The molecule has 15 heteroatoms. The Labute approximate surface area is 235 Å². The topological polar surface area (TPSA) is 157 Å². The first-order valence-corrected chi connectivity index (χ1v) is 14.2. The summed E-state index contributed by atoms with van der Waals surface area (Å²) < 4.78 is 43.0. The molecule has 1 aliphatic heterocycles. The zero-order valence-corrected chi connectivity index (χ0v) is 25.3. The van der Waals surface area contributed by atoms with E-state index >= 15 is 0 Å². The highest BCUT2D eigenvalue weighted by molar-refractivity contribution is 7.44. The number of aromatic amines is 1. The third-order valence-corrected chi connectivity index (χ3v) is 7.94. The summed E-state index contributed by atoms with van der Waals surface area (Å²) in [6.45, 7) is 11.3. The summed E-state index contributed by atoms with van der Waals surface area (Å²) >= 11 is 0. The number of Topliss-reactive ketones (excluding diaryl/α,β-unsaturated/α-hetero) is 1. The van der Waals surface area contributed by atoms with E-state index in [1.165, 1.54) is 27.3 Å². The molecule has 0 spiro atoms. The molecule has 0 aliphatic carbocycles. The van der Waals surface area contributed by atoms with E-state index in [9.17, 15) is 19.2 Å². The van der Waals surface area contributed by atoms with E-state index in [2.05, 4.69) is 4.98 Å². The van der Waals surface area contributed by atoms with Gasteiger partial charge in [0.2, 0.25) is 0 Å². The number of hydrogen-bond donors (Lipinski definition) is 1. The predicted molar refractivity (Wildman–Crippen MR) is 145 cm³/mol. The highest BCUT2D eigenvalue weighted by Crippen LogP contribution is 2.50. The van der Waals surface area contributed by atoms with Crippen molar-refractivity contribution in [3.63, 3.8) is 0 Å². The van der Waals surface area contributed by atoms with Crippen molar-refractivity contribution in [2.45, 2.75) is 84.6 Å². The number of methoxy groups -OCH3 is 2. The van der Waals surface area contributed by atoms with Crippen LogP contribution >= 0.6 is 8.53 Å². The molecule has 0 amide bonds. The number of rotatable bonds is 17. The number of esters is 1. The zero-order chi connectivity index (χ0) is 30.0. The van der Waals surface area contributed by atoms with Gasteiger partial charge in [0.25, 0.3) is 14.1 Å². The second kappa shape index (κ2) is 16.4. The van der Waals surface area contributed by atoms with Gasteiger partial charge in [-0.2, -0.15) is 0 Å². The molecule has 2 rings (SSSR count). The number of aromatic nitrogens is 2. The first-order valence-electron chi connectivity index (χ1n) is 13.1. The van der Waals surface area contributed by atoms with E-state index in [0.29, 0.717) is 0 Å². The Morgan fingerprint density at radius 2 is 1.77 bits per heavy atom. The van der Waals surface area contributed by atoms with E-state index in [0.717, 1.165) is 4.57 Å². The van der Waals surface area contributed by atoms with Gasteiger partial charge < -0.3 is 28.2 Å². The maximum Gasteiger partial charge on any atom is 0.330 e. The van der Waals surface area contributed by atoms with Crippen LogP contribution in [0.4, 0.5) is 0 Å². The Hall–Kier alpha value is -2.03. The van der Waals surface area contributed by atoms with Crippen molar-refractivity contribution >= 4 is 20.3 Å². The van der Waals surface area contributed by atoms with E-state index in [1.807, 2.05) is 32.4 Å². The van der Waals surface area contributed by atoms with Gasteiger partial charge in [0.05, 0.1) is 19.8 Å². The number of nitrogens with one attached hydrogen (secondary N) is 1. The van der Waals surface area contributed by atoms with Crippen LogP contribution in [0.2, 0.25) is 0 Å². The van der Waals surface area contributed by atoms with Crippen LogP contribution in [0.25, 0.3) is 0 Å². The molecule has 14 nitrogen and oxygen atoms in total. The number of carbonyl (C=O) groups excluding carboxylic acids is 2. The smallest absolute Gasteiger partial charge is 0.330 e.